The van der Waals surface area contributed by atoms with Gasteiger partial charge >= 0.3 is 0 Å². The molecule has 7 heteroatoms. The number of benzene rings is 3. The molecule has 1 aromatic heterocycles. The van der Waals surface area contributed by atoms with Crippen molar-refractivity contribution in [3.8, 4) is 22.5 Å². The summed E-state index contributed by atoms with van der Waals surface area (Å²) < 4.78 is 0. The second-order valence-electron chi connectivity index (χ2n) is 6.30. The first-order valence-corrected chi connectivity index (χ1v) is 8.88. The minimum absolute atomic E-state index is 0.0428. The zero-order valence-corrected chi connectivity index (χ0v) is 15.2. The summed E-state index contributed by atoms with van der Waals surface area (Å²) in [6, 6.07) is 24.9. The van der Waals surface area contributed by atoms with Crippen LogP contribution in [-0.2, 0) is 0 Å². The molecule has 0 aliphatic carbocycles. The Kier molecular flexibility index (Phi) is 4.86. The fourth-order valence-corrected chi connectivity index (χ4v) is 2.96. The predicted octanol–water partition coefficient (Wildman–Crippen LogP) is 4.90. The molecule has 0 unspecified atom stereocenters. The van der Waals surface area contributed by atoms with E-state index >= 15 is 0 Å². The standard InChI is InChI=1S/C22H16N4O3/c27-22(23-17-11-13-18(14-12-17)26(28)29)21-24-19(15-7-3-1-4-8-15)20(25-21)16-9-5-2-6-10-16/h1-14H,(H,23,27)(H,24,25). The van der Waals surface area contributed by atoms with Crippen molar-refractivity contribution >= 4 is 17.3 Å². The van der Waals surface area contributed by atoms with E-state index in [1.165, 1.54) is 24.3 Å². The zero-order chi connectivity index (χ0) is 20.2. The highest BCUT2D eigenvalue weighted by atomic mass is 16.6. The summed E-state index contributed by atoms with van der Waals surface area (Å²) in [7, 11) is 0. The van der Waals surface area contributed by atoms with Gasteiger partial charge in [0.2, 0.25) is 0 Å². The number of nitro benzene ring substituents is 1. The lowest BCUT2D eigenvalue weighted by Crippen LogP contribution is -2.13. The van der Waals surface area contributed by atoms with Crippen LogP contribution in [0.2, 0.25) is 0 Å². The maximum atomic E-state index is 12.7. The molecule has 0 saturated carbocycles. The van der Waals surface area contributed by atoms with E-state index in [2.05, 4.69) is 15.3 Å². The number of carbonyl (C=O) groups is 1. The molecule has 3 aromatic carbocycles. The quantitative estimate of drug-likeness (QED) is 0.377. The van der Waals surface area contributed by atoms with Gasteiger partial charge in [0, 0.05) is 28.9 Å². The number of rotatable bonds is 5. The summed E-state index contributed by atoms with van der Waals surface area (Å²) in [5.74, 6) is -0.278. The highest BCUT2D eigenvalue weighted by Gasteiger charge is 2.18. The van der Waals surface area contributed by atoms with Crippen LogP contribution in [0.4, 0.5) is 11.4 Å². The summed E-state index contributed by atoms with van der Waals surface area (Å²) in [5.41, 5.74) is 3.61. The third-order valence-electron chi connectivity index (χ3n) is 4.36. The van der Waals surface area contributed by atoms with Crippen LogP contribution < -0.4 is 5.32 Å². The molecule has 0 radical (unpaired) electrons. The molecule has 1 heterocycles. The van der Waals surface area contributed by atoms with Crippen molar-refractivity contribution in [1.82, 2.24) is 9.97 Å². The summed E-state index contributed by atoms with van der Waals surface area (Å²) in [6.07, 6.45) is 0. The number of carbonyl (C=O) groups excluding carboxylic acids is 1. The molecule has 0 atom stereocenters. The maximum Gasteiger partial charge on any atom is 0.291 e. The lowest BCUT2D eigenvalue weighted by molar-refractivity contribution is -0.384. The minimum atomic E-state index is -0.490. The van der Waals surface area contributed by atoms with E-state index < -0.39 is 10.8 Å². The molecular weight excluding hydrogens is 368 g/mol. The van der Waals surface area contributed by atoms with Crippen molar-refractivity contribution in [2.75, 3.05) is 5.32 Å². The summed E-state index contributed by atoms with van der Waals surface area (Å²) in [4.78, 5) is 30.6. The van der Waals surface area contributed by atoms with Crippen LogP contribution in [0.3, 0.4) is 0 Å². The number of aromatic amines is 1. The van der Waals surface area contributed by atoms with Gasteiger partial charge < -0.3 is 10.3 Å². The molecule has 0 fully saturated rings. The molecule has 4 rings (SSSR count). The Hall–Kier alpha value is -4.26. The second-order valence-corrected chi connectivity index (χ2v) is 6.30. The van der Waals surface area contributed by atoms with Gasteiger partial charge in [-0.25, -0.2) is 4.98 Å². The molecule has 4 aromatic rings. The van der Waals surface area contributed by atoms with Crippen LogP contribution in [0, 0.1) is 10.1 Å². The SMILES string of the molecule is O=C(Nc1ccc([N+](=O)[O-])cc1)c1nc(-c2ccccc2)c(-c2ccccc2)[nH]1. The average Bonchev–Trinajstić information content (AvgIpc) is 3.21. The highest BCUT2D eigenvalue weighted by Crippen LogP contribution is 2.30. The maximum absolute atomic E-state index is 12.7. The largest absolute Gasteiger partial charge is 0.333 e. The van der Waals surface area contributed by atoms with E-state index in [-0.39, 0.29) is 11.5 Å². The van der Waals surface area contributed by atoms with Gasteiger partial charge in [-0.3, -0.25) is 14.9 Å². The summed E-state index contributed by atoms with van der Waals surface area (Å²) in [6.45, 7) is 0. The lowest BCUT2D eigenvalue weighted by Gasteiger charge is -2.02. The van der Waals surface area contributed by atoms with Gasteiger partial charge in [-0.05, 0) is 12.1 Å². The van der Waals surface area contributed by atoms with Crippen LogP contribution in [0.1, 0.15) is 10.6 Å². The molecule has 0 aliphatic rings. The van der Waals surface area contributed by atoms with Gasteiger partial charge in [0.15, 0.2) is 5.82 Å². The highest BCUT2D eigenvalue weighted by molar-refractivity contribution is 6.03. The summed E-state index contributed by atoms with van der Waals surface area (Å²) in [5, 5.41) is 13.5. The Morgan fingerprint density at radius 1 is 0.862 bits per heavy atom. The molecule has 29 heavy (non-hydrogen) atoms. The van der Waals surface area contributed by atoms with Gasteiger partial charge in [0.25, 0.3) is 11.6 Å². The fraction of sp³-hybridized carbons (Fsp3) is 0. The van der Waals surface area contributed by atoms with Gasteiger partial charge in [-0.15, -0.1) is 0 Å². The first-order valence-electron chi connectivity index (χ1n) is 8.88. The van der Waals surface area contributed by atoms with Gasteiger partial charge in [0.05, 0.1) is 16.3 Å². The molecule has 0 bridgehead atoms. The van der Waals surface area contributed by atoms with E-state index in [1.54, 1.807) is 0 Å². The van der Waals surface area contributed by atoms with Crippen molar-refractivity contribution in [2.45, 2.75) is 0 Å². The number of aromatic nitrogens is 2. The number of hydrogen-bond acceptors (Lipinski definition) is 4. The first-order chi connectivity index (χ1) is 14.1. The van der Waals surface area contributed by atoms with Crippen LogP contribution in [0.15, 0.2) is 84.9 Å². The van der Waals surface area contributed by atoms with E-state index in [0.717, 1.165) is 16.8 Å². The van der Waals surface area contributed by atoms with Gasteiger partial charge in [-0.1, -0.05) is 60.7 Å². The number of nitrogens with one attached hydrogen (secondary N) is 2. The van der Waals surface area contributed by atoms with Gasteiger partial charge in [0.1, 0.15) is 0 Å². The van der Waals surface area contributed by atoms with Crippen molar-refractivity contribution in [3.05, 3.63) is 101 Å². The second kappa shape index (κ2) is 7.77. The number of amides is 1. The van der Waals surface area contributed by atoms with Crippen LogP contribution in [0.5, 0.6) is 0 Å². The Labute approximate surface area is 166 Å². The molecule has 0 saturated heterocycles. The smallest absolute Gasteiger partial charge is 0.291 e. The Bertz CT molecular complexity index is 1100. The Morgan fingerprint density at radius 2 is 1.45 bits per heavy atom. The predicted molar refractivity (Wildman–Crippen MR) is 111 cm³/mol. The van der Waals surface area contributed by atoms with E-state index in [4.69, 9.17) is 0 Å². The first kappa shape index (κ1) is 18.1. The third kappa shape index (κ3) is 3.89. The molecule has 7 nitrogen and oxygen atoms in total. The topological polar surface area (TPSA) is 101 Å². The molecule has 1 amide bonds. The monoisotopic (exact) mass is 384 g/mol. The molecule has 0 spiro atoms. The molecule has 0 aliphatic heterocycles. The van der Waals surface area contributed by atoms with Crippen LogP contribution in [0.25, 0.3) is 22.5 Å². The number of nitro groups is 1. The third-order valence-corrected chi connectivity index (χ3v) is 4.36. The molecule has 142 valence electrons. The minimum Gasteiger partial charge on any atom is -0.333 e. The zero-order valence-electron chi connectivity index (χ0n) is 15.2. The number of imidazole rings is 1. The number of nitrogens with zero attached hydrogens (tertiary/aromatic N) is 2. The van der Waals surface area contributed by atoms with Crippen molar-refractivity contribution in [2.24, 2.45) is 0 Å². The lowest BCUT2D eigenvalue weighted by atomic mass is 10.1. The Morgan fingerprint density at radius 3 is 2.03 bits per heavy atom. The number of H-pyrrole nitrogens is 1. The normalized spacial score (nSPS) is 10.5. The van der Waals surface area contributed by atoms with E-state index in [1.807, 2.05) is 60.7 Å². The average molecular weight is 384 g/mol. The number of anilines is 1. The number of non-ortho nitro benzene ring substituents is 1. The van der Waals surface area contributed by atoms with Crippen molar-refractivity contribution < 1.29 is 9.72 Å². The summed E-state index contributed by atoms with van der Waals surface area (Å²) >= 11 is 0. The Balaban J connectivity index is 1.68. The van der Waals surface area contributed by atoms with Gasteiger partial charge in [-0.2, -0.15) is 0 Å². The molecular formula is C22H16N4O3. The van der Waals surface area contributed by atoms with E-state index in [0.29, 0.717) is 11.4 Å². The fourth-order valence-electron chi connectivity index (χ4n) is 2.96. The number of hydrogen-bond donors (Lipinski definition) is 2. The van der Waals surface area contributed by atoms with E-state index in [9.17, 15) is 14.9 Å². The van der Waals surface area contributed by atoms with Crippen LogP contribution in [-0.4, -0.2) is 20.8 Å². The van der Waals surface area contributed by atoms with Crippen molar-refractivity contribution in [1.29, 1.82) is 0 Å². The van der Waals surface area contributed by atoms with Crippen molar-refractivity contribution in [3.63, 3.8) is 0 Å². The molecule has 2 N–H and O–H groups in total. The van der Waals surface area contributed by atoms with Crippen LogP contribution >= 0.6 is 0 Å².